The Balaban J connectivity index is 2.60. The first-order valence-corrected chi connectivity index (χ1v) is 8.28. The van der Waals surface area contributed by atoms with E-state index in [0.29, 0.717) is 12.1 Å². The lowest BCUT2D eigenvalue weighted by atomic mass is 10.0. The van der Waals surface area contributed by atoms with Gasteiger partial charge in [0.25, 0.3) is 0 Å². The lowest BCUT2D eigenvalue weighted by molar-refractivity contribution is 0.0873. The summed E-state index contributed by atoms with van der Waals surface area (Å²) in [6.45, 7) is 7.10. The molecule has 0 aromatic carbocycles. The summed E-state index contributed by atoms with van der Waals surface area (Å²) in [4.78, 5) is 2.63. The average Bonchev–Trinajstić information content (AvgIpc) is 2.69. The summed E-state index contributed by atoms with van der Waals surface area (Å²) in [7, 11) is 3.58. The summed E-state index contributed by atoms with van der Waals surface area (Å²) in [6.07, 6.45) is 7.84. The molecule has 1 aliphatic carbocycles. The van der Waals surface area contributed by atoms with Gasteiger partial charge in [-0.25, -0.2) is 0 Å². The Morgan fingerprint density at radius 3 is 2.45 bits per heavy atom. The molecule has 0 aromatic rings. The van der Waals surface area contributed by atoms with E-state index >= 15 is 0 Å². The van der Waals surface area contributed by atoms with Crippen LogP contribution in [0, 0.1) is 0 Å². The highest BCUT2D eigenvalue weighted by Crippen LogP contribution is 2.23. The van der Waals surface area contributed by atoms with E-state index in [4.69, 9.17) is 9.47 Å². The third kappa shape index (κ3) is 6.53. The second-order valence-corrected chi connectivity index (χ2v) is 5.74. The Kier molecular flexibility index (Phi) is 10.3. The summed E-state index contributed by atoms with van der Waals surface area (Å²) in [5.74, 6) is 0. The van der Waals surface area contributed by atoms with E-state index in [1.165, 1.54) is 32.1 Å². The second kappa shape index (κ2) is 11.5. The Morgan fingerprint density at radius 2 is 1.75 bits per heavy atom. The highest BCUT2D eigenvalue weighted by Gasteiger charge is 2.27. The lowest BCUT2D eigenvalue weighted by Crippen LogP contribution is -2.51. The number of hydrogen-bond acceptors (Lipinski definition) is 4. The van der Waals surface area contributed by atoms with Crippen LogP contribution in [-0.2, 0) is 9.47 Å². The highest BCUT2D eigenvalue weighted by molar-refractivity contribution is 4.86. The van der Waals surface area contributed by atoms with Gasteiger partial charge in [0.05, 0.1) is 6.61 Å². The molecule has 0 spiro atoms. The number of methoxy groups -OCH3 is 2. The summed E-state index contributed by atoms with van der Waals surface area (Å²) in [6, 6.07) is 1.30. The normalized spacial score (nSPS) is 24.0. The van der Waals surface area contributed by atoms with E-state index < -0.39 is 0 Å². The first-order valence-electron chi connectivity index (χ1n) is 8.28. The minimum Gasteiger partial charge on any atom is -0.385 e. The van der Waals surface area contributed by atoms with Gasteiger partial charge in [0.1, 0.15) is 0 Å². The fourth-order valence-corrected chi connectivity index (χ4v) is 3.29. The van der Waals surface area contributed by atoms with Crippen molar-refractivity contribution in [3.8, 4) is 0 Å². The molecule has 0 amide bonds. The first kappa shape index (κ1) is 17.9. The Labute approximate surface area is 125 Å². The van der Waals surface area contributed by atoms with Gasteiger partial charge in [-0.2, -0.15) is 0 Å². The van der Waals surface area contributed by atoms with Crippen molar-refractivity contribution in [1.82, 2.24) is 10.2 Å². The second-order valence-electron chi connectivity index (χ2n) is 5.74. The predicted molar refractivity (Wildman–Crippen MR) is 84.3 cm³/mol. The molecule has 4 nitrogen and oxygen atoms in total. The molecule has 0 heterocycles. The summed E-state index contributed by atoms with van der Waals surface area (Å²) >= 11 is 0. The highest BCUT2D eigenvalue weighted by atomic mass is 16.5. The van der Waals surface area contributed by atoms with E-state index in [0.717, 1.165) is 39.3 Å². The van der Waals surface area contributed by atoms with Crippen LogP contribution < -0.4 is 5.32 Å². The van der Waals surface area contributed by atoms with Crippen molar-refractivity contribution in [3.05, 3.63) is 0 Å². The van der Waals surface area contributed by atoms with Crippen LogP contribution in [0.2, 0.25) is 0 Å². The molecule has 1 saturated carbocycles. The average molecular weight is 286 g/mol. The van der Waals surface area contributed by atoms with Gasteiger partial charge in [-0.1, -0.05) is 26.2 Å². The molecule has 1 rings (SSSR count). The van der Waals surface area contributed by atoms with Crippen LogP contribution in [0.1, 0.15) is 45.4 Å². The molecular formula is C16H34N2O2. The molecule has 20 heavy (non-hydrogen) atoms. The van der Waals surface area contributed by atoms with Gasteiger partial charge in [0.15, 0.2) is 0 Å². The fourth-order valence-electron chi connectivity index (χ4n) is 3.29. The molecule has 0 aromatic heterocycles. The van der Waals surface area contributed by atoms with Crippen LogP contribution in [0.5, 0.6) is 0 Å². The van der Waals surface area contributed by atoms with Gasteiger partial charge in [-0.05, 0) is 25.8 Å². The molecule has 0 saturated heterocycles. The largest absolute Gasteiger partial charge is 0.385 e. The van der Waals surface area contributed by atoms with Crippen molar-refractivity contribution in [1.29, 1.82) is 0 Å². The number of ether oxygens (including phenoxy) is 2. The Morgan fingerprint density at radius 1 is 1.00 bits per heavy atom. The number of nitrogens with one attached hydrogen (secondary N) is 1. The minimum absolute atomic E-state index is 0.641. The molecule has 4 heteroatoms. The quantitative estimate of drug-likeness (QED) is 0.493. The summed E-state index contributed by atoms with van der Waals surface area (Å²) in [5.41, 5.74) is 0. The van der Waals surface area contributed by atoms with Crippen molar-refractivity contribution < 1.29 is 9.47 Å². The minimum atomic E-state index is 0.641. The zero-order valence-corrected chi connectivity index (χ0v) is 13.7. The maximum absolute atomic E-state index is 5.30. The topological polar surface area (TPSA) is 33.7 Å². The smallest absolute Gasteiger partial charge is 0.0589 e. The third-order valence-electron chi connectivity index (χ3n) is 4.29. The van der Waals surface area contributed by atoms with Crippen molar-refractivity contribution in [2.24, 2.45) is 0 Å². The van der Waals surface area contributed by atoms with Crippen LogP contribution in [0.15, 0.2) is 0 Å². The van der Waals surface area contributed by atoms with Gasteiger partial charge in [0, 0.05) is 46.0 Å². The van der Waals surface area contributed by atoms with Crippen molar-refractivity contribution in [3.63, 3.8) is 0 Å². The standard InChI is InChI=1S/C16H34N2O2/c1-4-17-15-9-6-5-7-10-16(15)18(12-14-20-3)11-8-13-19-2/h15-17H,4-14H2,1-3H3. The molecule has 120 valence electrons. The first-order chi connectivity index (χ1) is 9.83. The zero-order valence-electron chi connectivity index (χ0n) is 13.7. The molecule has 1 N–H and O–H groups in total. The number of nitrogens with zero attached hydrogens (tertiary/aromatic N) is 1. The van der Waals surface area contributed by atoms with Gasteiger partial charge in [-0.15, -0.1) is 0 Å². The predicted octanol–water partition coefficient (Wildman–Crippen LogP) is 2.28. The fraction of sp³-hybridized carbons (Fsp3) is 1.00. The van der Waals surface area contributed by atoms with Crippen LogP contribution in [0.3, 0.4) is 0 Å². The molecule has 1 fully saturated rings. The molecule has 1 aliphatic rings. The van der Waals surface area contributed by atoms with Gasteiger partial charge < -0.3 is 14.8 Å². The van der Waals surface area contributed by atoms with Crippen LogP contribution in [-0.4, -0.2) is 64.1 Å². The summed E-state index contributed by atoms with van der Waals surface area (Å²) in [5, 5.41) is 3.71. The van der Waals surface area contributed by atoms with Crippen molar-refractivity contribution in [2.45, 2.75) is 57.5 Å². The van der Waals surface area contributed by atoms with Gasteiger partial charge >= 0.3 is 0 Å². The maximum atomic E-state index is 5.30. The monoisotopic (exact) mass is 286 g/mol. The van der Waals surface area contributed by atoms with Gasteiger partial charge in [-0.3, -0.25) is 4.90 Å². The van der Waals surface area contributed by atoms with Crippen molar-refractivity contribution in [2.75, 3.05) is 47.1 Å². The van der Waals surface area contributed by atoms with Crippen LogP contribution in [0.4, 0.5) is 0 Å². The molecule has 2 atom stereocenters. The van der Waals surface area contributed by atoms with Crippen LogP contribution in [0.25, 0.3) is 0 Å². The number of likely N-dealkylation sites (N-methyl/N-ethyl adjacent to an activating group) is 1. The molecule has 0 aliphatic heterocycles. The molecule has 2 unspecified atom stereocenters. The van der Waals surface area contributed by atoms with Crippen molar-refractivity contribution >= 4 is 0 Å². The van der Waals surface area contributed by atoms with Crippen LogP contribution >= 0.6 is 0 Å². The molecule has 0 radical (unpaired) electrons. The molecular weight excluding hydrogens is 252 g/mol. The Hall–Kier alpha value is -0.160. The number of hydrogen-bond donors (Lipinski definition) is 1. The van der Waals surface area contributed by atoms with E-state index in [-0.39, 0.29) is 0 Å². The van der Waals surface area contributed by atoms with E-state index in [9.17, 15) is 0 Å². The zero-order chi connectivity index (χ0) is 14.6. The molecule has 0 bridgehead atoms. The number of rotatable bonds is 10. The van der Waals surface area contributed by atoms with E-state index in [1.54, 1.807) is 14.2 Å². The van der Waals surface area contributed by atoms with E-state index in [1.807, 2.05) is 0 Å². The Bertz CT molecular complexity index is 227. The third-order valence-corrected chi connectivity index (χ3v) is 4.29. The SMILES string of the molecule is CCNC1CCCCCC1N(CCCOC)CCOC. The summed E-state index contributed by atoms with van der Waals surface area (Å²) < 4.78 is 10.5. The lowest BCUT2D eigenvalue weighted by Gasteiger charge is -2.36. The van der Waals surface area contributed by atoms with Gasteiger partial charge in [0.2, 0.25) is 0 Å². The maximum Gasteiger partial charge on any atom is 0.0589 e. The van der Waals surface area contributed by atoms with E-state index in [2.05, 4.69) is 17.1 Å².